The topological polar surface area (TPSA) is 112 Å². The first kappa shape index (κ1) is 21.5. The lowest BCUT2D eigenvalue weighted by molar-refractivity contribution is -0.148. The van der Waals surface area contributed by atoms with Crippen molar-refractivity contribution in [1.29, 1.82) is 0 Å². The molecule has 174 valence electrons. The Bertz CT molecular complexity index is 1070. The molecule has 3 N–H and O–H groups in total. The number of amides is 2. The standard InChI is InChI=1S/C24H29N5O4/c1-3-19(30)28-13-24(14-28)10-16(11-24)29-22(25)20(23(31)26-2)21(27-29)15-4-6-17(7-5-15)33-18-8-9-32-12-18/h3-7,16,18H,1,8-14,25H2,2H3,(H,26,31). The third-order valence-electron chi connectivity index (χ3n) is 6.94. The van der Waals surface area contributed by atoms with Crippen molar-refractivity contribution >= 4 is 17.6 Å². The van der Waals surface area contributed by atoms with E-state index in [-0.39, 0.29) is 29.4 Å². The Morgan fingerprint density at radius 3 is 2.64 bits per heavy atom. The van der Waals surface area contributed by atoms with Gasteiger partial charge < -0.3 is 25.4 Å². The number of nitrogens with two attached hydrogens (primary N) is 1. The van der Waals surface area contributed by atoms with E-state index >= 15 is 0 Å². The number of hydrogen-bond acceptors (Lipinski definition) is 6. The SMILES string of the molecule is C=CC(=O)N1CC2(CC(n3nc(-c4ccc(OC5CCOC5)cc4)c(C(=O)NC)c3N)C2)C1. The van der Waals surface area contributed by atoms with Crippen LogP contribution in [-0.4, -0.2) is 65.9 Å². The Kier molecular flexibility index (Phi) is 5.36. The molecule has 9 heteroatoms. The summed E-state index contributed by atoms with van der Waals surface area (Å²) < 4.78 is 13.1. The quantitative estimate of drug-likeness (QED) is 0.650. The van der Waals surface area contributed by atoms with Gasteiger partial charge in [0, 0.05) is 37.5 Å². The zero-order valence-electron chi connectivity index (χ0n) is 18.8. The highest BCUT2D eigenvalue weighted by Crippen LogP contribution is 2.55. The van der Waals surface area contributed by atoms with E-state index in [0.29, 0.717) is 23.7 Å². The molecule has 1 aromatic carbocycles. The molecule has 1 aromatic heterocycles. The van der Waals surface area contributed by atoms with E-state index < -0.39 is 0 Å². The second-order valence-corrected chi connectivity index (χ2v) is 9.22. The molecule has 5 rings (SSSR count). The second kappa shape index (κ2) is 8.22. The largest absolute Gasteiger partial charge is 0.488 e. The third kappa shape index (κ3) is 3.76. The zero-order valence-corrected chi connectivity index (χ0v) is 18.8. The van der Waals surface area contributed by atoms with Gasteiger partial charge in [0.05, 0.1) is 19.3 Å². The molecule has 1 unspecified atom stereocenters. The van der Waals surface area contributed by atoms with Crippen LogP contribution in [0.2, 0.25) is 0 Å². The number of ether oxygens (including phenoxy) is 2. The lowest BCUT2D eigenvalue weighted by Crippen LogP contribution is -2.63. The smallest absolute Gasteiger partial charge is 0.257 e. The second-order valence-electron chi connectivity index (χ2n) is 9.22. The third-order valence-corrected chi connectivity index (χ3v) is 6.94. The molecule has 0 radical (unpaired) electrons. The van der Waals surface area contributed by atoms with Crippen molar-refractivity contribution in [2.45, 2.75) is 31.4 Å². The summed E-state index contributed by atoms with van der Waals surface area (Å²) in [5, 5.41) is 7.45. The van der Waals surface area contributed by atoms with Crippen LogP contribution in [0.5, 0.6) is 5.75 Å². The number of hydrogen-bond donors (Lipinski definition) is 2. The monoisotopic (exact) mass is 451 g/mol. The van der Waals surface area contributed by atoms with Gasteiger partial charge in [0.1, 0.15) is 28.9 Å². The molecular formula is C24H29N5O4. The van der Waals surface area contributed by atoms with E-state index in [2.05, 4.69) is 11.9 Å². The van der Waals surface area contributed by atoms with E-state index in [1.165, 1.54) is 6.08 Å². The van der Waals surface area contributed by atoms with Crippen LogP contribution in [0.3, 0.4) is 0 Å². The fourth-order valence-corrected chi connectivity index (χ4v) is 5.19. The van der Waals surface area contributed by atoms with Gasteiger partial charge in [0.25, 0.3) is 5.91 Å². The average molecular weight is 452 g/mol. The van der Waals surface area contributed by atoms with Gasteiger partial charge in [-0.15, -0.1) is 0 Å². The molecule has 1 aliphatic carbocycles. The first-order valence-corrected chi connectivity index (χ1v) is 11.3. The molecule has 2 amide bonds. The highest BCUT2D eigenvalue weighted by atomic mass is 16.5. The van der Waals surface area contributed by atoms with Crippen LogP contribution in [0.15, 0.2) is 36.9 Å². The Balaban J connectivity index is 1.35. The molecular weight excluding hydrogens is 422 g/mol. The fraction of sp³-hybridized carbons (Fsp3) is 0.458. The van der Waals surface area contributed by atoms with Crippen molar-refractivity contribution in [2.75, 3.05) is 39.1 Å². The lowest BCUT2D eigenvalue weighted by Gasteiger charge is -2.58. The van der Waals surface area contributed by atoms with E-state index in [4.69, 9.17) is 20.3 Å². The summed E-state index contributed by atoms with van der Waals surface area (Å²) in [5.74, 6) is 0.830. The first-order chi connectivity index (χ1) is 15.9. The first-order valence-electron chi connectivity index (χ1n) is 11.3. The van der Waals surface area contributed by atoms with Gasteiger partial charge in [-0.1, -0.05) is 6.58 Å². The number of nitrogens with one attached hydrogen (secondary N) is 1. The Labute approximate surface area is 192 Å². The van der Waals surface area contributed by atoms with E-state index in [1.54, 1.807) is 16.6 Å². The minimum atomic E-state index is -0.266. The highest BCUT2D eigenvalue weighted by molar-refractivity contribution is 6.04. The number of benzene rings is 1. The predicted molar refractivity (Wildman–Crippen MR) is 123 cm³/mol. The number of aromatic nitrogens is 2. The molecule has 33 heavy (non-hydrogen) atoms. The van der Waals surface area contributed by atoms with Crippen molar-refractivity contribution in [3.63, 3.8) is 0 Å². The predicted octanol–water partition coefficient (Wildman–Crippen LogP) is 2.01. The zero-order chi connectivity index (χ0) is 23.2. The Morgan fingerprint density at radius 1 is 1.30 bits per heavy atom. The molecule has 0 bridgehead atoms. The molecule has 1 saturated carbocycles. The summed E-state index contributed by atoms with van der Waals surface area (Å²) in [6.45, 7) is 6.35. The summed E-state index contributed by atoms with van der Waals surface area (Å²) in [7, 11) is 1.58. The number of carbonyl (C=O) groups is 2. The lowest BCUT2D eigenvalue weighted by atomic mass is 9.60. The number of nitrogen functional groups attached to an aromatic ring is 1. The average Bonchev–Trinajstić information content (AvgIpc) is 3.39. The molecule has 3 heterocycles. The van der Waals surface area contributed by atoms with Gasteiger partial charge in [-0.25, -0.2) is 4.68 Å². The van der Waals surface area contributed by atoms with Gasteiger partial charge in [-0.2, -0.15) is 5.10 Å². The van der Waals surface area contributed by atoms with Gasteiger partial charge in [-0.05, 0) is 43.2 Å². The molecule has 9 nitrogen and oxygen atoms in total. The van der Waals surface area contributed by atoms with Crippen molar-refractivity contribution in [2.24, 2.45) is 5.41 Å². The van der Waals surface area contributed by atoms with Gasteiger partial charge >= 0.3 is 0 Å². The van der Waals surface area contributed by atoms with Crippen LogP contribution in [0.25, 0.3) is 11.3 Å². The maximum Gasteiger partial charge on any atom is 0.257 e. The Hall–Kier alpha value is -3.33. The summed E-state index contributed by atoms with van der Waals surface area (Å²) in [6.07, 6.45) is 4.06. The summed E-state index contributed by atoms with van der Waals surface area (Å²) in [4.78, 5) is 26.3. The highest BCUT2D eigenvalue weighted by Gasteiger charge is 2.54. The summed E-state index contributed by atoms with van der Waals surface area (Å²) >= 11 is 0. The summed E-state index contributed by atoms with van der Waals surface area (Å²) in [5.41, 5.74) is 8.30. The van der Waals surface area contributed by atoms with E-state index in [9.17, 15) is 9.59 Å². The fourth-order valence-electron chi connectivity index (χ4n) is 5.19. The van der Waals surface area contributed by atoms with Crippen LogP contribution in [0.1, 0.15) is 35.7 Å². The van der Waals surface area contributed by atoms with E-state index in [1.807, 2.05) is 24.3 Å². The normalized spacial score (nSPS) is 21.4. The maximum atomic E-state index is 12.7. The Morgan fingerprint density at radius 2 is 2.03 bits per heavy atom. The van der Waals surface area contributed by atoms with Crippen LogP contribution in [0, 0.1) is 5.41 Å². The molecule has 2 aliphatic heterocycles. The van der Waals surface area contributed by atoms with Crippen molar-refractivity contribution in [3.8, 4) is 17.0 Å². The molecule has 3 aliphatic rings. The minimum absolute atomic E-state index is 0.0280. The molecule has 2 aromatic rings. The number of carbonyl (C=O) groups excluding carboxylic acids is 2. The van der Waals surface area contributed by atoms with Gasteiger partial charge in [0.2, 0.25) is 5.91 Å². The molecule has 2 saturated heterocycles. The summed E-state index contributed by atoms with van der Waals surface area (Å²) in [6, 6.07) is 7.67. The number of likely N-dealkylation sites (tertiary alicyclic amines) is 1. The molecule has 3 fully saturated rings. The van der Waals surface area contributed by atoms with Gasteiger partial charge in [0.15, 0.2) is 0 Å². The van der Waals surface area contributed by atoms with Crippen LogP contribution in [-0.2, 0) is 9.53 Å². The molecule has 1 spiro atoms. The number of rotatable bonds is 6. The van der Waals surface area contributed by atoms with Crippen molar-refractivity contribution in [1.82, 2.24) is 20.0 Å². The maximum absolute atomic E-state index is 12.7. The number of nitrogens with zero attached hydrogens (tertiary/aromatic N) is 3. The minimum Gasteiger partial charge on any atom is -0.488 e. The van der Waals surface area contributed by atoms with Crippen molar-refractivity contribution < 1.29 is 19.1 Å². The van der Waals surface area contributed by atoms with Crippen LogP contribution >= 0.6 is 0 Å². The molecule has 1 atom stereocenters. The van der Waals surface area contributed by atoms with Gasteiger partial charge in [-0.3, -0.25) is 9.59 Å². The van der Waals surface area contributed by atoms with E-state index in [0.717, 1.165) is 50.3 Å². The van der Waals surface area contributed by atoms with Crippen LogP contribution in [0.4, 0.5) is 5.82 Å². The number of anilines is 1. The van der Waals surface area contributed by atoms with Crippen LogP contribution < -0.4 is 15.8 Å². The van der Waals surface area contributed by atoms with Crippen molar-refractivity contribution in [3.05, 3.63) is 42.5 Å².